The van der Waals surface area contributed by atoms with Crippen LogP contribution in [0.2, 0.25) is 0 Å². The number of amides is 1. The number of carbonyl (C=O) groups excluding carboxylic acids is 1. The average Bonchev–Trinajstić information content (AvgIpc) is 2.78. The lowest BCUT2D eigenvalue weighted by Gasteiger charge is -2.34. The maximum Gasteiger partial charge on any atom is 0.255 e. The van der Waals surface area contributed by atoms with E-state index < -0.39 is 0 Å². The molecule has 29 heavy (non-hydrogen) atoms. The van der Waals surface area contributed by atoms with Crippen LogP contribution in [0, 0.1) is 0 Å². The Balaban J connectivity index is 2.15. The maximum atomic E-state index is 13.7. The van der Waals surface area contributed by atoms with Crippen LogP contribution in [0.25, 0.3) is 22.2 Å². The molecule has 2 unspecified atom stereocenters. The van der Waals surface area contributed by atoms with E-state index in [9.17, 15) is 4.79 Å². The molecule has 3 rings (SSSR count). The van der Waals surface area contributed by atoms with Crippen molar-refractivity contribution in [1.82, 2.24) is 9.88 Å². The second kappa shape index (κ2) is 9.21. The van der Waals surface area contributed by atoms with Crippen LogP contribution in [-0.4, -0.2) is 27.9 Å². The molecule has 3 heteroatoms. The summed E-state index contributed by atoms with van der Waals surface area (Å²) >= 11 is 0. The fourth-order valence-electron chi connectivity index (χ4n) is 3.78. The summed E-state index contributed by atoms with van der Waals surface area (Å²) < 4.78 is 0. The largest absolute Gasteiger partial charge is 0.333 e. The van der Waals surface area contributed by atoms with Crippen LogP contribution in [0.5, 0.6) is 0 Å². The van der Waals surface area contributed by atoms with Crippen molar-refractivity contribution in [2.45, 2.75) is 66.0 Å². The Morgan fingerprint density at radius 2 is 1.55 bits per heavy atom. The first-order valence-corrected chi connectivity index (χ1v) is 10.8. The van der Waals surface area contributed by atoms with Gasteiger partial charge in [-0.05, 0) is 50.8 Å². The zero-order valence-corrected chi connectivity index (χ0v) is 18.3. The molecule has 3 aromatic rings. The first-order chi connectivity index (χ1) is 14.0. The van der Waals surface area contributed by atoms with Crippen molar-refractivity contribution >= 4 is 16.8 Å². The first-order valence-electron chi connectivity index (χ1n) is 10.8. The molecule has 0 N–H and O–H groups in total. The van der Waals surface area contributed by atoms with E-state index in [1.165, 1.54) is 5.56 Å². The first kappa shape index (κ1) is 21.0. The van der Waals surface area contributed by atoms with Crippen LogP contribution in [0.4, 0.5) is 0 Å². The second-order valence-corrected chi connectivity index (χ2v) is 7.85. The van der Waals surface area contributed by atoms with Crippen LogP contribution in [0.1, 0.15) is 63.4 Å². The van der Waals surface area contributed by atoms with Crippen LogP contribution in [0.15, 0.2) is 54.6 Å². The van der Waals surface area contributed by atoms with E-state index in [2.05, 4.69) is 58.9 Å². The zero-order valence-electron chi connectivity index (χ0n) is 18.3. The summed E-state index contributed by atoms with van der Waals surface area (Å²) in [4.78, 5) is 20.7. The molecule has 2 aromatic carbocycles. The molecule has 0 aliphatic carbocycles. The number of nitrogens with zero attached hydrogens (tertiary/aromatic N) is 2. The number of aromatic nitrogens is 1. The van der Waals surface area contributed by atoms with Crippen molar-refractivity contribution in [3.05, 3.63) is 65.7 Å². The minimum absolute atomic E-state index is 0.0960. The lowest BCUT2D eigenvalue weighted by molar-refractivity contribution is 0.0600. The number of aryl methyl sites for hydroxylation is 1. The lowest BCUT2D eigenvalue weighted by atomic mass is 10.00. The molecule has 0 saturated carbocycles. The van der Waals surface area contributed by atoms with Crippen molar-refractivity contribution in [3.63, 3.8) is 0 Å². The van der Waals surface area contributed by atoms with Gasteiger partial charge >= 0.3 is 0 Å². The van der Waals surface area contributed by atoms with Gasteiger partial charge in [0.05, 0.1) is 16.8 Å². The van der Waals surface area contributed by atoms with E-state index in [0.717, 1.165) is 47.0 Å². The predicted octanol–water partition coefficient (Wildman–Crippen LogP) is 6.50. The van der Waals surface area contributed by atoms with Gasteiger partial charge in [0.15, 0.2) is 0 Å². The molecular weight excluding hydrogens is 356 g/mol. The quantitative estimate of drug-likeness (QED) is 0.462. The Labute approximate surface area is 174 Å². The number of para-hydroxylation sites is 1. The molecule has 1 aromatic heterocycles. The molecule has 0 bridgehead atoms. The SMILES string of the molecule is CCc1ccc(-c2cc(C(=O)N(C(C)CC)C(C)CC)c3ccccc3n2)cc1. The molecule has 1 amide bonds. The van der Waals surface area contributed by atoms with Gasteiger partial charge in [0.25, 0.3) is 5.91 Å². The van der Waals surface area contributed by atoms with Gasteiger partial charge in [0.2, 0.25) is 0 Å². The summed E-state index contributed by atoms with van der Waals surface area (Å²) in [6, 6.07) is 18.8. The van der Waals surface area contributed by atoms with Gasteiger partial charge in [-0.25, -0.2) is 4.98 Å². The van der Waals surface area contributed by atoms with Crippen molar-refractivity contribution < 1.29 is 4.79 Å². The van der Waals surface area contributed by atoms with Gasteiger partial charge in [-0.2, -0.15) is 0 Å². The highest BCUT2D eigenvalue weighted by molar-refractivity contribution is 6.07. The number of pyridine rings is 1. The Hall–Kier alpha value is -2.68. The Kier molecular flexibility index (Phi) is 6.68. The second-order valence-electron chi connectivity index (χ2n) is 7.85. The standard InChI is InChI=1S/C26H32N2O/c1-6-18(4)28(19(5)7-2)26(29)23-17-25(21-15-13-20(8-3)14-16-21)27-24-12-10-9-11-22(23)24/h9-19H,6-8H2,1-5H3. The van der Waals surface area contributed by atoms with Gasteiger partial charge in [-0.15, -0.1) is 0 Å². The third kappa shape index (κ3) is 4.34. The van der Waals surface area contributed by atoms with E-state index in [0.29, 0.717) is 0 Å². The molecule has 3 nitrogen and oxygen atoms in total. The fraction of sp³-hybridized carbons (Fsp3) is 0.385. The summed E-state index contributed by atoms with van der Waals surface area (Å²) in [5.74, 6) is 0.0960. The average molecular weight is 389 g/mol. The summed E-state index contributed by atoms with van der Waals surface area (Å²) in [6.07, 6.45) is 2.88. The van der Waals surface area contributed by atoms with E-state index in [1.54, 1.807) is 0 Å². The number of benzene rings is 2. The van der Waals surface area contributed by atoms with Crippen molar-refractivity contribution in [2.24, 2.45) is 0 Å². The van der Waals surface area contributed by atoms with Crippen molar-refractivity contribution in [3.8, 4) is 11.3 Å². The predicted molar refractivity (Wildman–Crippen MR) is 122 cm³/mol. The van der Waals surface area contributed by atoms with Crippen molar-refractivity contribution in [2.75, 3.05) is 0 Å². The molecule has 0 radical (unpaired) electrons. The highest BCUT2D eigenvalue weighted by atomic mass is 16.2. The lowest BCUT2D eigenvalue weighted by Crippen LogP contribution is -2.44. The summed E-state index contributed by atoms with van der Waals surface area (Å²) in [7, 11) is 0. The van der Waals surface area contributed by atoms with Crippen LogP contribution in [-0.2, 0) is 6.42 Å². The number of rotatable bonds is 7. The number of hydrogen-bond acceptors (Lipinski definition) is 2. The Morgan fingerprint density at radius 3 is 2.14 bits per heavy atom. The zero-order chi connectivity index (χ0) is 21.0. The molecule has 0 aliphatic rings. The fourth-order valence-corrected chi connectivity index (χ4v) is 3.78. The van der Waals surface area contributed by atoms with Crippen LogP contribution >= 0.6 is 0 Å². The van der Waals surface area contributed by atoms with E-state index in [-0.39, 0.29) is 18.0 Å². The third-order valence-corrected chi connectivity index (χ3v) is 5.97. The summed E-state index contributed by atoms with van der Waals surface area (Å²) in [5, 5.41) is 0.919. The van der Waals surface area contributed by atoms with Crippen LogP contribution in [0.3, 0.4) is 0 Å². The molecule has 1 heterocycles. The summed E-state index contributed by atoms with van der Waals surface area (Å²) in [5.41, 5.74) is 4.79. The molecule has 0 aliphatic heterocycles. The van der Waals surface area contributed by atoms with Gasteiger partial charge in [0, 0.05) is 23.0 Å². The topological polar surface area (TPSA) is 33.2 Å². The molecule has 0 saturated heterocycles. The normalized spacial score (nSPS) is 13.3. The number of carbonyl (C=O) groups is 1. The van der Waals surface area contributed by atoms with Crippen molar-refractivity contribution in [1.29, 1.82) is 0 Å². The van der Waals surface area contributed by atoms with E-state index >= 15 is 0 Å². The molecule has 0 fully saturated rings. The molecule has 0 spiro atoms. The smallest absolute Gasteiger partial charge is 0.255 e. The molecule has 152 valence electrons. The Bertz CT molecular complexity index is 968. The van der Waals surface area contributed by atoms with Crippen LogP contribution < -0.4 is 0 Å². The number of hydrogen-bond donors (Lipinski definition) is 0. The van der Waals surface area contributed by atoms with Gasteiger partial charge in [-0.1, -0.05) is 63.2 Å². The monoisotopic (exact) mass is 388 g/mol. The van der Waals surface area contributed by atoms with Gasteiger partial charge in [-0.3, -0.25) is 4.79 Å². The number of fused-ring (bicyclic) bond motifs is 1. The maximum absolute atomic E-state index is 13.7. The highest BCUT2D eigenvalue weighted by Gasteiger charge is 2.26. The van der Waals surface area contributed by atoms with E-state index in [4.69, 9.17) is 4.98 Å². The van der Waals surface area contributed by atoms with Gasteiger partial charge in [0.1, 0.15) is 0 Å². The Morgan fingerprint density at radius 1 is 0.931 bits per heavy atom. The van der Waals surface area contributed by atoms with E-state index in [1.807, 2.05) is 35.2 Å². The minimum Gasteiger partial charge on any atom is -0.333 e. The minimum atomic E-state index is 0.0960. The third-order valence-electron chi connectivity index (χ3n) is 5.97. The summed E-state index contributed by atoms with van der Waals surface area (Å²) in [6.45, 7) is 10.7. The molecular formula is C26H32N2O. The van der Waals surface area contributed by atoms with Gasteiger partial charge < -0.3 is 4.90 Å². The molecule has 2 atom stereocenters. The highest BCUT2D eigenvalue weighted by Crippen LogP contribution is 2.28.